The number of benzene rings is 1. The predicted octanol–water partition coefficient (Wildman–Crippen LogP) is 2.16. The molecule has 0 spiro atoms. The minimum Gasteiger partial charge on any atom is -0.398 e. The largest absolute Gasteiger partial charge is 0.398 e. The summed E-state index contributed by atoms with van der Waals surface area (Å²) in [5, 5.41) is 5.40. The molecule has 4 N–H and O–H groups in total. The number of fused-ring (bicyclic) bond motifs is 1. The summed E-state index contributed by atoms with van der Waals surface area (Å²) in [5.41, 5.74) is 16.3. The maximum atomic E-state index is 6.15. The molecule has 0 radical (unpaired) electrons. The molecule has 0 amide bonds. The summed E-state index contributed by atoms with van der Waals surface area (Å²) >= 11 is 5.82. The van der Waals surface area contributed by atoms with Gasteiger partial charge in [-0.15, -0.1) is 0 Å². The average molecular weight is 289 g/mol. The van der Waals surface area contributed by atoms with Crippen molar-refractivity contribution in [3.8, 4) is 11.3 Å². The number of aryl methyl sites for hydroxylation is 2. The van der Waals surface area contributed by atoms with Crippen LogP contribution < -0.4 is 11.5 Å². The average Bonchev–Trinajstić information content (AvgIpc) is 2.72. The van der Waals surface area contributed by atoms with Gasteiger partial charge >= 0.3 is 0 Å². The lowest BCUT2D eigenvalue weighted by Gasteiger charge is -2.09. The number of rotatable bonds is 1. The van der Waals surface area contributed by atoms with E-state index in [4.69, 9.17) is 23.1 Å². The monoisotopic (exact) mass is 288 g/mol. The molecule has 0 saturated heterocycles. The number of aromatic nitrogens is 4. The molecule has 0 bridgehead atoms. The van der Waals surface area contributed by atoms with Gasteiger partial charge in [-0.2, -0.15) is 10.1 Å². The first-order valence-electron chi connectivity index (χ1n) is 5.99. The molecule has 7 heteroatoms. The van der Waals surface area contributed by atoms with Crippen LogP contribution in [0.25, 0.3) is 22.3 Å². The van der Waals surface area contributed by atoms with Gasteiger partial charge in [-0.3, -0.25) is 0 Å². The van der Waals surface area contributed by atoms with Crippen LogP contribution in [-0.2, 0) is 7.05 Å². The highest BCUT2D eigenvalue weighted by Gasteiger charge is 2.18. The fraction of sp³-hybridized carbons (Fsp3) is 0.154. The van der Waals surface area contributed by atoms with E-state index >= 15 is 0 Å². The molecule has 20 heavy (non-hydrogen) atoms. The van der Waals surface area contributed by atoms with E-state index < -0.39 is 0 Å². The van der Waals surface area contributed by atoms with E-state index in [1.807, 2.05) is 19.1 Å². The van der Waals surface area contributed by atoms with E-state index in [1.165, 1.54) is 0 Å². The zero-order chi connectivity index (χ0) is 14.4. The van der Waals surface area contributed by atoms with Gasteiger partial charge in [0.25, 0.3) is 0 Å². The smallest absolute Gasteiger partial charge is 0.224 e. The van der Waals surface area contributed by atoms with Crippen LogP contribution in [0.3, 0.4) is 0 Å². The molecule has 0 aliphatic heterocycles. The van der Waals surface area contributed by atoms with Crippen molar-refractivity contribution in [2.45, 2.75) is 6.92 Å². The summed E-state index contributed by atoms with van der Waals surface area (Å²) in [4.78, 5) is 8.18. The van der Waals surface area contributed by atoms with Crippen LogP contribution in [0.1, 0.15) is 5.56 Å². The van der Waals surface area contributed by atoms with E-state index in [1.54, 1.807) is 17.9 Å². The van der Waals surface area contributed by atoms with Crippen LogP contribution in [0.2, 0.25) is 5.28 Å². The fourth-order valence-electron chi connectivity index (χ4n) is 2.21. The Kier molecular flexibility index (Phi) is 2.76. The summed E-state index contributed by atoms with van der Waals surface area (Å²) in [6.45, 7) is 1.93. The minimum absolute atomic E-state index is 0.178. The highest BCUT2D eigenvalue weighted by molar-refractivity contribution is 6.28. The topological polar surface area (TPSA) is 95.6 Å². The number of hydrogen-bond acceptors (Lipinski definition) is 5. The molecule has 0 aliphatic carbocycles. The number of hydrogen-bond donors (Lipinski definition) is 2. The van der Waals surface area contributed by atoms with Crippen LogP contribution >= 0.6 is 11.6 Å². The lowest BCUT2D eigenvalue weighted by atomic mass is 10.0. The Hall–Kier alpha value is -2.34. The van der Waals surface area contributed by atoms with Crippen LogP contribution in [-0.4, -0.2) is 19.7 Å². The molecule has 3 aromatic rings. The highest BCUT2D eigenvalue weighted by atomic mass is 35.5. The van der Waals surface area contributed by atoms with Gasteiger partial charge in [-0.05, 0) is 30.2 Å². The van der Waals surface area contributed by atoms with E-state index in [2.05, 4.69) is 15.1 Å². The van der Waals surface area contributed by atoms with Crippen LogP contribution in [0, 0.1) is 6.92 Å². The summed E-state index contributed by atoms with van der Waals surface area (Å²) in [7, 11) is 1.79. The third kappa shape index (κ3) is 1.77. The van der Waals surface area contributed by atoms with Gasteiger partial charge in [0.2, 0.25) is 5.28 Å². The molecule has 0 saturated carbocycles. The third-order valence-electron chi connectivity index (χ3n) is 3.28. The Labute approximate surface area is 120 Å². The number of halogens is 1. The third-order valence-corrected chi connectivity index (χ3v) is 3.47. The van der Waals surface area contributed by atoms with Crippen molar-refractivity contribution in [2.24, 2.45) is 7.05 Å². The number of nitrogens with zero attached hydrogens (tertiary/aromatic N) is 4. The van der Waals surface area contributed by atoms with E-state index in [0.29, 0.717) is 28.3 Å². The van der Waals surface area contributed by atoms with Crippen molar-refractivity contribution in [3.63, 3.8) is 0 Å². The summed E-state index contributed by atoms with van der Waals surface area (Å²) in [5.74, 6) is 0. The second-order valence-corrected chi connectivity index (χ2v) is 4.95. The van der Waals surface area contributed by atoms with Gasteiger partial charge in [-0.1, -0.05) is 6.07 Å². The molecule has 6 nitrogen and oxygen atoms in total. The standard InChI is InChI=1S/C13H13ClN6/c1-6-3-4-8(15)9(10(6)16)11-7-5-17-13(14)18-12(7)20(2)19-11/h3-5H,15-16H2,1-2H3. The fourth-order valence-corrected chi connectivity index (χ4v) is 2.34. The Morgan fingerprint density at radius 3 is 2.75 bits per heavy atom. The zero-order valence-electron chi connectivity index (χ0n) is 11.1. The quantitative estimate of drug-likeness (QED) is 0.528. The molecular weight excluding hydrogens is 276 g/mol. The number of anilines is 2. The lowest BCUT2D eigenvalue weighted by Crippen LogP contribution is -2.00. The Morgan fingerprint density at radius 1 is 1.25 bits per heavy atom. The number of nitrogens with two attached hydrogens (primary N) is 2. The highest BCUT2D eigenvalue weighted by Crippen LogP contribution is 2.36. The molecule has 102 valence electrons. The van der Waals surface area contributed by atoms with Crippen LogP contribution in [0.4, 0.5) is 11.4 Å². The van der Waals surface area contributed by atoms with Crippen molar-refractivity contribution < 1.29 is 0 Å². The predicted molar refractivity (Wildman–Crippen MR) is 80.3 cm³/mol. The van der Waals surface area contributed by atoms with Gasteiger partial charge in [0, 0.05) is 30.2 Å². The first-order valence-corrected chi connectivity index (χ1v) is 6.37. The second-order valence-electron chi connectivity index (χ2n) is 4.61. The van der Waals surface area contributed by atoms with Crippen molar-refractivity contribution in [1.82, 2.24) is 19.7 Å². The van der Waals surface area contributed by atoms with Crippen molar-refractivity contribution >= 4 is 34.0 Å². The van der Waals surface area contributed by atoms with Gasteiger partial charge in [0.05, 0.1) is 5.39 Å². The molecule has 0 fully saturated rings. The Balaban J connectivity index is 2.39. The SMILES string of the molecule is Cc1ccc(N)c(-c2nn(C)c3nc(Cl)ncc23)c1N. The Bertz CT molecular complexity index is 823. The maximum Gasteiger partial charge on any atom is 0.224 e. The Morgan fingerprint density at radius 2 is 2.00 bits per heavy atom. The molecular formula is C13H13ClN6. The van der Waals surface area contributed by atoms with Crippen molar-refractivity contribution in [3.05, 3.63) is 29.2 Å². The van der Waals surface area contributed by atoms with Gasteiger partial charge < -0.3 is 11.5 Å². The summed E-state index contributed by atoms with van der Waals surface area (Å²) < 4.78 is 1.64. The molecule has 0 unspecified atom stereocenters. The molecule has 0 aliphatic rings. The lowest BCUT2D eigenvalue weighted by molar-refractivity contribution is 0.789. The molecule has 0 atom stereocenters. The van der Waals surface area contributed by atoms with E-state index in [-0.39, 0.29) is 5.28 Å². The first-order chi connectivity index (χ1) is 9.49. The van der Waals surface area contributed by atoms with Crippen LogP contribution in [0.5, 0.6) is 0 Å². The molecule has 2 aromatic heterocycles. The minimum atomic E-state index is 0.178. The van der Waals surface area contributed by atoms with Gasteiger partial charge in [0.1, 0.15) is 5.69 Å². The van der Waals surface area contributed by atoms with Gasteiger partial charge in [0.15, 0.2) is 5.65 Å². The molecule has 3 rings (SSSR count). The maximum absolute atomic E-state index is 6.15. The van der Waals surface area contributed by atoms with Gasteiger partial charge in [-0.25, -0.2) is 9.67 Å². The molecule has 2 heterocycles. The van der Waals surface area contributed by atoms with Crippen molar-refractivity contribution in [2.75, 3.05) is 11.5 Å². The summed E-state index contributed by atoms with van der Waals surface area (Å²) in [6.07, 6.45) is 1.63. The van der Waals surface area contributed by atoms with Crippen molar-refractivity contribution in [1.29, 1.82) is 0 Å². The van der Waals surface area contributed by atoms with E-state index in [0.717, 1.165) is 10.9 Å². The van der Waals surface area contributed by atoms with E-state index in [9.17, 15) is 0 Å². The second kappa shape index (κ2) is 4.35. The van der Waals surface area contributed by atoms with Crippen LogP contribution in [0.15, 0.2) is 18.3 Å². The summed E-state index contributed by atoms with van der Waals surface area (Å²) in [6, 6.07) is 3.70. The molecule has 1 aromatic carbocycles. The first kappa shape index (κ1) is 12.7. The zero-order valence-corrected chi connectivity index (χ0v) is 11.8. The number of nitrogen functional groups attached to an aromatic ring is 2. The normalized spacial score (nSPS) is 11.2.